The minimum atomic E-state index is -0.579. The van der Waals surface area contributed by atoms with Crippen LogP contribution in [0.2, 0.25) is 0 Å². The van der Waals surface area contributed by atoms with Gasteiger partial charge in [-0.05, 0) is 61.9 Å². The van der Waals surface area contributed by atoms with Gasteiger partial charge in [-0.25, -0.2) is 4.79 Å². The second kappa shape index (κ2) is 10.7. The summed E-state index contributed by atoms with van der Waals surface area (Å²) in [5.41, 5.74) is 4.14. The van der Waals surface area contributed by atoms with Gasteiger partial charge in [0.2, 0.25) is 0 Å². The highest BCUT2D eigenvalue weighted by Gasteiger charge is 2.37. The van der Waals surface area contributed by atoms with E-state index in [1.165, 1.54) is 12.0 Å². The number of methoxy groups -OCH3 is 1. The molecule has 1 aliphatic heterocycles. The fourth-order valence-corrected chi connectivity index (χ4v) is 3.88. The van der Waals surface area contributed by atoms with Crippen molar-refractivity contribution in [2.45, 2.75) is 13.8 Å². The summed E-state index contributed by atoms with van der Waals surface area (Å²) >= 11 is 0. The molecule has 0 bridgehead atoms. The normalized spacial score (nSPS) is 14.2. The van der Waals surface area contributed by atoms with Crippen molar-refractivity contribution in [2.24, 2.45) is 0 Å². The van der Waals surface area contributed by atoms with Gasteiger partial charge in [0.05, 0.1) is 18.3 Å². The molecule has 0 fully saturated rings. The summed E-state index contributed by atoms with van der Waals surface area (Å²) in [4.78, 5) is 39.5. The summed E-state index contributed by atoms with van der Waals surface area (Å²) in [6.45, 7) is 3.55. The molecule has 0 aromatic heterocycles. The lowest BCUT2D eigenvalue weighted by Crippen LogP contribution is -2.24. The van der Waals surface area contributed by atoms with E-state index >= 15 is 0 Å². The zero-order valence-electron chi connectivity index (χ0n) is 20.3. The summed E-state index contributed by atoms with van der Waals surface area (Å²) in [5.74, 6) is -0.664. The molecule has 182 valence electrons. The summed E-state index contributed by atoms with van der Waals surface area (Å²) in [6, 6.07) is 23.5. The maximum absolute atomic E-state index is 13.3. The van der Waals surface area contributed by atoms with Gasteiger partial charge < -0.3 is 14.8 Å². The molecular weight excluding hydrogens is 456 g/mol. The fraction of sp³-hybridized carbons (Fsp3) is 0.138. The number of hydrogen-bond acceptors (Lipinski definition) is 5. The smallest absolute Gasteiger partial charge is 0.340 e. The van der Waals surface area contributed by atoms with E-state index in [4.69, 9.17) is 9.47 Å². The molecule has 0 aliphatic carbocycles. The lowest BCUT2D eigenvalue weighted by molar-refractivity contribution is -0.136. The van der Waals surface area contributed by atoms with E-state index < -0.39 is 5.97 Å². The molecule has 0 saturated heterocycles. The molecule has 0 radical (unpaired) electrons. The number of nitrogens with zero attached hydrogens (tertiary/aromatic N) is 1. The molecule has 0 unspecified atom stereocenters. The van der Waals surface area contributed by atoms with Crippen molar-refractivity contribution in [3.05, 3.63) is 107 Å². The average molecular weight is 483 g/mol. The van der Waals surface area contributed by atoms with Crippen LogP contribution in [0.3, 0.4) is 0 Å². The summed E-state index contributed by atoms with van der Waals surface area (Å²) in [5, 5.41) is 2.78. The molecule has 2 amide bonds. The Bertz CT molecular complexity index is 1340. The van der Waals surface area contributed by atoms with E-state index in [1.807, 2.05) is 49.4 Å². The molecule has 36 heavy (non-hydrogen) atoms. The molecule has 0 spiro atoms. The standard InChI is InChI=1S/C29H26N2O5/c1-19-9-13-22(14-10-19)30-26(32)18-36-24-15-11-21(12-16-24)17-25-27(29(34)35-3)20(2)31(28(25)33)23-7-5-4-6-8-23/h4-17H,18H2,1-3H3,(H,30,32)/b25-17-. The zero-order chi connectivity index (χ0) is 25.7. The monoisotopic (exact) mass is 482 g/mol. The predicted molar refractivity (Wildman–Crippen MR) is 138 cm³/mol. The van der Waals surface area contributed by atoms with Crippen LogP contribution < -0.4 is 15.0 Å². The maximum atomic E-state index is 13.3. The molecule has 3 aromatic rings. The van der Waals surface area contributed by atoms with Gasteiger partial charge in [0.1, 0.15) is 5.75 Å². The molecule has 4 rings (SSSR count). The van der Waals surface area contributed by atoms with Crippen molar-refractivity contribution in [1.29, 1.82) is 0 Å². The largest absolute Gasteiger partial charge is 0.484 e. The third-order valence-electron chi connectivity index (χ3n) is 5.70. The van der Waals surface area contributed by atoms with Crippen molar-refractivity contribution in [3.8, 4) is 5.75 Å². The van der Waals surface area contributed by atoms with Crippen LogP contribution in [0, 0.1) is 6.92 Å². The first kappa shape index (κ1) is 24.5. The minimum Gasteiger partial charge on any atom is -0.484 e. The van der Waals surface area contributed by atoms with Crippen molar-refractivity contribution in [3.63, 3.8) is 0 Å². The van der Waals surface area contributed by atoms with E-state index in [0.717, 1.165) is 5.56 Å². The first-order valence-electron chi connectivity index (χ1n) is 11.4. The van der Waals surface area contributed by atoms with Gasteiger partial charge in [0, 0.05) is 17.1 Å². The first-order valence-corrected chi connectivity index (χ1v) is 11.4. The Balaban J connectivity index is 1.48. The molecule has 0 saturated carbocycles. The second-order valence-corrected chi connectivity index (χ2v) is 8.26. The number of nitrogens with one attached hydrogen (secondary N) is 1. The fourth-order valence-electron chi connectivity index (χ4n) is 3.88. The predicted octanol–water partition coefficient (Wildman–Crippen LogP) is 4.89. The van der Waals surface area contributed by atoms with Gasteiger partial charge in [0.25, 0.3) is 11.8 Å². The lowest BCUT2D eigenvalue weighted by Gasteiger charge is -2.17. The summed E-state index contributed by atoms with van der Waals surface area (Å²) < 4.78 is 10.5. The van der Waals surface area contributed by atoms with Crippen LogP contribution in [-0.2, 0) is 19.1 Å². The Hall–Kier alpha value is -4.65. The Morgan fingerprint density at radius 1 is 0.917 bits per heavy atom. The van der Waals surface area contributed by atoms with Crippen LogP contribution in [0.25, 0.3) is 6.08 Å². The molecular formula is C29H26N2O5. The third-order valence-corrected chi connectivity index (χ3v) is 5.70. The van der Waals surface area contributed by atoms with E-state index in [1.54, 1.807) is 49.4 Å². The Morgan fingerprint density at radius 2 is 1.58 bits per heavy atom. The molecule has 0 atom stereocenters. The van der Waals surface area contributed by atoms with E-state index in [0.29, 0.717) is 28.4 Å². The van der Waals surface area contributed by atoms with E-state index in [9.17, 15) is 14.4 Å². The molecule has 7 heteroatoms. The minimum absolute atomic E-state index is 0.146. The van der Waals surface area contributed by atoms with Crippen LogP contribution in [0.1, 0.15) is 18.1 Å². The quantitative estimate of drug-likeness (QED) is 0.383. The van der Waals surface area contributed by atoms with Gasteiger partial charge in [-0.2, -0.15) is 0 Å². The van der Waals surface area contributed by atoms with Crippen molar-refractivity contribution in [1.82, 2.24) is 0 Å². The number of aryl methyl sites for hydroxylation is 1. The number of allylic oxidation sites excluding steroid dienone is 1. The number of benzene rings is 3. The van der Waals surface area contributed by atoms with Gasteiger partial charge in [-0.1, -0.05) is 48.0 Å². The Morgan fingerprint density at radius 3 is 2.22 bits per heavy atom. The Kier molecular flexibility index (Phi) is 7.30. The number of esters is 1. The number of carbonyl (C=O) groups is 3. The zero-order valence-corrected chi connectivity index (χ0v) is 20.3. The third kappa shape index (κ3) is 5.36. The van der Waals surface area contributed by atoms with E-state index in [2.05, 4.69) is 5.32 Å². The number of ether oxygens (including phenoxy) is 2. The number of anilines is 2. The number of carbonyl (C=O) groups excluding carboxylic acids is 3. The van der Waals surface area contributed by atoms with Gasteiger partial charge in [-0.3, -0.25) is 14.5 Å². The van der Waals surface area contributed by atoms with Crippen LogP contribution in [-0.4, -0.2) is 31.5 Å². The Labute approximate surface area is 209 Å². The SMILES string of the molecule is COC(=O)C1=C(C)N(c2ccccc2)C(=O)/C1=C\c1ccc(OCC(=O)Nc2ccc(C)cc2)cc1. The van der Waals surface area contributed by atoms with Crippen LogP contribution in [0.15, 0.2) is 95.7 Å². The molecule has 1 aliphatic rings. The topological polar surface area (TPSA) is 84.9 Å². The van der Waals surface area contributed by atoms with E-state index in [-0.39, 0.29) is 29.6 Å². The van der Waals surface area contributed by atoms with Gasteiger partial charge in [0.15, 0.2) is 6.61 Å². The number of amides is 2. The van der Waals surface area contributed by atoms with Crippen molar-refractivity contribution >= 4 is 35.2 Å². The highest BCUT2D eigenvalue weighted by Crippen LogP contribution is 2.35. The van der Waals surface area contributed by atoms with Crippen molar-refractivity contribution in [2.75, 3.05) is 23.9 Å². The van der Waals surface area contributed by atoms with Crippen LogP contribution in [0.5, 0.6) is 5.75 Å². The molecule has 7 nitrogen and oxygen atoms in total. The van der Waals surface area contributed by atoms with Crippen LogP contribution in [0.4, 0.5) is 11.4 Å². The van der Waals surface area contributed by atoms with Crippen LogP contribution >= 0.6 is 0 Å². The maximum Gasteiger partial charge on any atom is 0.340 e. The van der Waals surface area contributed by atoms with Gasteiger partial charge in [-0.15, -0.1) is 0 Å². The number of hydrogen-bond donors (Lipinski definition) is 1. The highest BCUT2D eigenvalue weighted by atomic mass is 16.5. The number of rotatable bonds is 7. The molecule has 1 N–H and O–H groups in total. The molecule has 3 aromatic carbocycles. The highest BCUT2D eigenvalue weighted by molar-refractivity contribution is 6.23. The van der Waals surface area contributed by atoms with Crippen molar-refractivity contribution < 1.29 is 23.9 Å². The first-order chi connectivity index (χ1) is 17.4. The average Bonchev–Trinajstić information content (AvgIpc) is 3.14. The lowest BCUT2D eigenvalue weighted by atomic mass is 10.0. The summed E-state index contributed by atoms with van der Waals surface area (Å²) in [6.07, 6.45) is 1.65. The van der Waals surface area contributed by atoms with Gasteiger partial charge >= 0.3 is 5.97 Å². The number of para-hydroxylation sites is 1. The second-order valence-electron chi connectivity index (χ2n) is 8.26. The molecule has 1 heterocycles. The summed E-state index contributed by atoms with van der Waals surface area (Å²) in [7, 11) is 1.29.